The Labute approximate surface area is 111 Å². The number of nitrogens with one attached hydrogen (secondary N) is 1. The Kier molecular flexibility index (Phi) is 6.05. The number of rotatable bonds is 7. The van der Waals surface area contributed by atoms with E-state index in [0.717, 1.165) is 17.9 Å². The summed E-state index contributed by atoms with van der Waals surface area (Å²) >= 11 is 0. The van der Waals surface area contributed by atoms with Crippen LogP contribution < -0.4 is 10.2 Å². The normalized spacial score (nSPS) is 12.8. The summed E-state index contributed by atoms with van der Waals surface area (Å²) in [7, 11) is 2.11. The lowest BCUT2D eigenvalue weighted by molar-refractivity contribution is 0.577. The van der Waals surface area contributed by atoms with Crippen LogP contribution in [-0.2, 0) is 6.54 Å². The fourth-order valence-electron chi connectivity index (χ4n) is 1.93. The van der Waals surface area contributed by atoms with Crippen LogP contribution in [0.1, 0.15) is 46.1 Å². The fraction of sp³-hybridized carbons (Fsp3) is 0.714. The van der Waals surface area contributed by atoms with Crippen LogP contribution in [0.3, 0.4) is 0 Å². The van der Waals surface area contributed by atoms with Gasteiger partial charge in [-0.25, -0.2) is 9.97 Å². The van der Waals surface area contributed by atoms with E-state index >= 15 is 0 Å². The molecule has 0 aromatic carbocycles. The summed E-state index contributed by atoms with van der Waals surface area (Å²) in [6.07, 6.45) is 5.91. The molecule has 0 radical (unpaired) electrons. The molecule has 0 aliphatic rings. The SMILES string of the molecule is CCCC(C)N(C)c1ncncc1CNC(C)C. The van der Waals surface area contributed by atoms with Gasteiger partial charge in [0.2, 0.25) is 0 Å². The lowest BCUT2D eigenvalue weighted by atomic mass is 10.1. The average Bonchev–Trinajstić information content (AvgIpc) is 2.36. The van der Waals surface area contributed by atoms with Crippen molar-refractivity contribution in [2.75, 3.05) is 11.9 Å². The fourth-order valence-corrected chi connectivity index (χ4v) is 1.93. The van der Waals surface area contributed by atoms with Crippen molar-refractivity contribution in [2.45, 2.75) is 59.2 Å². The highest BCUT2D eigenvalue weighted by atomic mass is 15.2. The van der Waals surface area contributed by atoms with Crippen LogP contribution >= 0.6 is 0 Å². The Hall–Kier alpha value is -1.16. The summed E-state index contributed by atoms with van der Waals surface area (Å²) in [4.78, 5) is 10.8. The summed E-state index contributed by atoms with van der Waals surface area (Å²) in [6, 6.07) is 0.971. The minimum absolute atomic E-state index is 0.469. The number of hydrogen-bond acceptors (Lipinski definition) is 4. The highest BCUT2D eigenvalue weighted by Crippen LogP contribution is 2.18. The van der Waals surface area contributed by atoms with Gasteiger partial charge >= 0.3 is 0 Å². The smallest absolute Gasteiger partial charge is 0.136 e. The molecule has 1 rings (SSSR count). The van der Waals surface area contributed by atoms with Crippen molar-refractivity contribution >= 4 is 5.82 Å². The quantitative estimate of drug-likeness (QED) is 0.807. The zero-order valence-corrected chi connectivity index (χ0v) is 12.3. The molecule has 1 aromatic heterocycles. The lowest BCUT2D eigenvalue weighted by Gasteiger charge is -2.27. The van der Waals surface area contributed by atoms with Crippen LogP contribution in [-0.4, -0.2) is 29.1 Å². The van der Waals surface area contributed by atoms with Crippen LogP contribution in [0.2, 0.25) is 0 Å². The molecule has 0 aliphatic heterocycles. The molecule has 0 saturated heterocycles. The first-order valence-corrected chi connectivity index (χ1v) is 6.81. The van der Waals surface area contributed by atoms with Gasteiger partial charge in [0.15, 0.2) is 0 Å². The summed E-state index contributed by atoms with van der Waals surface area (Å²) in [6.45, 7) is 9.56. The van der Waals surface area contributed by atoms with Crippen molar-refractivity contribution in [3.8, 4) is 0 Å². The van der Waals surface area contributed by atoms with Gasteiger partial charge in [0, 0.05) is 37.4 Å². The molecule has 4 heteroatoms. The first-order valence-electron chi connectivity index (χ1n) is 6.81. The van der Waals surface area contributed by atoms with Crippen molar-refractivity contribution in [1.29, 1.82) is 0 Å². The highest BCUT2D eigenvalue weighted by molar-refractivity contribution is 5.45. The second-order valence-corrected chi connectivity index (χ2v) is 5.16. The van der Waals surface area contributed by atoms with Crippen LogP contribution in [0.5, 0.6) is 0 Å². The summed E-state index contributed by atoms with van der Waals surface area (Å²) < 4.78 is 0. The standard InChI is InChI=1S/C14H26N4/c1-6-7-12(4)18(5)14-13(8-15-10-17-14)9-16-11(2)3/h8,10-12,16H,6-7,9H2,1-5H3. The minimum atomic E-state index is 0.469. The van der Waals surface area contributed by atoms with Crippen molar-refractivity contribution in [1.82, 2.24) is 15.3 Å². The van der Waals surface area contributed by atoms with Crippen LogP contribution in [0.4, 0.5) is 5.82 Å². The Morgan fingerprint density at radius 2 is 2.06 bits per heavy atom. The van der Waals surface area contributed by atoms with E-state index in [0.29, 0.717) is 12.1 Å². The number of hydrogen-bond donors (Lipinski definition) is 1. The first-order chi connectivity index (χ1) is 8.56. The lowest BCUT2D eigenvalue weighted by Crippen LogP contribution is -2.31. The van der Waals surface area contributed by atoms with Crippen molar-refractivity contribution in [2.24, 2.45) is 0 Å². The Bertz CT molecular complexity index is 351. The van der Waals surface area contributed by atoms with Gasteiger partial charge in [0.25, 0.3) is 0 Å². The largest absolute Gasteiger partial charge is 0.357 e. The van der Waals surface area contributed by atoms with Gasteiger partial charge in [-0.15, -0.1) is 0 Å². The van der Waals surface area contributed by atoms with Crippen LogP contribution in [0.15, 0.2) is 12.5 Å². The molecule has 1 unspecified atom stereocenters. The molecule has 0 saturated carbocycles. The number of anilines is 1. The second-order valence-electron chi connectivity index (χ2n) is 5.16. The molecular formula is C14H26N4. The van der Waals surface area contributed by atoms with E-state index in [9.17, 15) is 0 Å². The zero-order valence-electron chi connectivity index (χ0n) is 12.3. The highest BCUT2D eigenvalue weighted by Gasteiger charge is 2.14. The first kappa shape index (κ1) is 14.9. The molecule has 0 fully saturated rings. The molecule has 102 valence electrons. The third-order valence-electron chi connectivity index (χ3n) is 3.17. The van der Waals surface area contributed by atoms with E-state index in [1.54, 1.807) is 6.33 Å². The molecule has 0 bridgehead atoms. The van der Waals surface area contributed by atoms with E-state index in [4.69, 9.17) is 0 Å². The molecule has 0 spiro atoms. The maximum Gasteiger partial charge on any atom is 0.136 e. The van der Waals surface area contributed by atoms with Crippen molar-refractivity contribution in [3.63, 3.8) is 0 Å². The van der Waals surface area contributed by atoms with Crippen molar-refractivity contribution < 1.29 is 0 Å². The van der Waals surface area contributed by atoms with E-state index in [2.05, 4.69) is 54.9 Å². The summed E-state index contributed by atoms with van der Waals surface area (Å²) in [5.41, 5.74) is 1.16. The van der Waals surface area contributed by atoms with E-state index in [1.807, 2.05) is 6.20 Å². The molecule has 18 heavy (non-hydrogen) atoms. The third-order valence-corrected chi connectivity index (χ3v) is 3.17. The molecule has 4 nitrogen and oxygen atoms in total. The van der Waals surface area contributed by atoms with E-state index < -0.39 is 0 Å². The topological polar surface area (TPSA) is 41.1 Å². The van der Waals surface area contributed by atoms with E-state index in [1.165, 1.54) is 12.8 Å². The van der Waals surface area contributed by atoms with Gasteiger partial charge in [-0.05, 0) is 13.3 Å². The van der Waals surface area contributed by atoms with Gasteiger partial charge in [-0.1, -0.05) is 27.2 Å². The minimum Gasteiger partial charge on any atom is -0.357 e. The molecule has 0 aliphatic carbocycles. The Morgan fingerprint density at radius 1 is 1.33 bits per heavy atom. The second kappa shape index (κ2) is 7.31. The third kappa shape index (κ3) is 4.26. The summed E-state index contributed by atoms with van der Waals surface area (Å²) in [5, 5.41) is 3.42. The van der Waals surface area contributed by atoms with Crippen LogP contribution in [0.25, 0.3) is 0 Å². The zero-order chi connectivity index (χ0) is 13.5. The van der Waals surface area contributed by atoms with E-state index in [-0.39, 0.29) is 0 Å². The predicted octanol–water partition coefficient (Wildman–Crippen LogP) is 2.60. The van der Waals surface area contributed by atoms with Crippen molar-refractivity contribution in [3.05, 3.63) is 18.1 Å². The monoisotopic (exact) mass is 250 g/mol. The molecule has 1 N–H and O–H groups in total. The average molecular weight is 250 g/mol. The Balaban J connectivity index is 2.80. The molecule has 1 aromatic rings. The van der Waals surface area contributed by atoms with Gasteiger partial charge < -0.3 is 10.2 Å². The molecule has 0 amide bonds. The van der Waals surface area contributed by atoms with Gasteiger partial charge in [-0.2, -0.15) is 0 Å². The number of aromatic nitrogens is 2. The Morgan fingerprint density at radius 3 is 2.67 bits per heavy atom. The molecule has 1 heterocycles. The summed E-state index contributed by atoms with van der Waals surface area (Å²) in [5.74, 6) is 1.04. The maximum atomic E-state index is 4.43. The van der Waals surface area contributed by atoms with Crippen LogP contribution in [0, 0.1) is 0 Å². The van der Waals surface area contributed by atoms with Gasteiger partial charge in [0.05, 0.1) is 0 Å². The maximum absolute atomic E-state index is 4.43. The predicted molar refractivity (Wildman–Crippen MR) is 76.8 cm³/mol. The van der Waals surface area contributed by atoms with Gasteiger partial charge in [0.1, 0.15) is 12.1 Å². The molecular weight excluding hydrogens is 224 g/mol. The van der Waals surface area contributed by atoms with Gasteiger partial charge in [-0.3, -0.25) is 0 Å². The molecule has 1 atom stereocenters. The number of nitrogens with zero attached hydrogens (tertiary/aromatic N) is 3.